The molecule has 25 heavy (non-hydrogen) atoms. The largest absolute Gasteiger partial charge is 0.488 e. The first-order valence-electron chi connectivity index (χ1n) is 8.98. The number of carbonyl (C=O) groups excluding carboxylic acids is 1. The number of nitrogens with one attached hydrogen (secondary N) is 2. The van der Waals surface area contributed by atoms with Crippen LogP contribution in [0.3, 0.4) is 0 Å². The van der Waals surface area contributed by atoms with Crippen LogP contribution in [0, 0.1) is 13.8 Å². The van der Waals surface area contributed by atoms with Gasteiger partial charge in [0.15, 0.2) is 0 Å². The van der Waals surface area contributed by atoms with E-state index in [2.05, 4.69) is 16.7 Å². The van der Waals surface area contributed by atoms with Crippen molar-refractivity contribution >= 4 is 17.3 Å². The second kappa shape index (κ2) is 8.06. The third-order valence-corrected chi connectivity index (χ3v) is 4.58. The second-order valence-electron chi connectivity index (χ2n) is 6.74. The fourth-order valence-corrected chi connectivity index (χ4v) is 3.22. The lowest BCUT2D eigenvalue weighted by molar-refractivity contribution is -0.114. The standard InChI is InChI=1S/C21H26N2O2/c1-15-11-12-18(16(2)13-15)23-21(24)14-22-19-9-5-6-10-20(19)25-17-7-3-4-8-17/h5-6,9-13,17,22H,3-4,7-8,14H2,1-2H3,(H,23,24). The number of hydrogen-bond acceptors (Lipinski definition) is 3. The van der Waals surface area contributed by atoms with Crippen molar-refractivity contribution in [3.05, 3.63) is 53.6 Å². The second-order valence-corrected chi connectivity index (χ2v) is 6.74. The van der Waals surface area contributed by atoms with Gasteiger partial charge in [0.1, 0.15) is 5.75 Å². The molecule has 1 saturated carbocycles. The van der Waals surface area contributed by atoms with Crippen molar-refractivity contribution in [3.8, 4) is 5.75 Å². The molecule has 0 radical (unpaired) electrons. The van der Waals surface area contributed by atoms with Crippen LogP contribution >= 0.6 is 0 Å². The fourth-order valence-electron chi connectivity index (χ4n) is 3.22. The number of carbonyl (C=O) groups is 1. The summed E-state index contributed by atoms with van der Waals surface area (Å²) < 4.78 is 6.10. The van der Waals surface area contributed by atoms with Crippen LogP contribution in [0.2, 0.25) is 0 Å². The van der Waals surface area contributed by atoms with Gasteiger partial charge in [0.05, 0.1) is 18.3 Å². The smallest absolute Gasteiger partial charge is 0.243 e. The Hall–Kier alpha value is -2.49. The number of aryl methyl sites for hydroxylation is 2. The van der Waals surface area contributed by atoms with Gasteiger partial charge in [0.25, 0.3) is 0 Å². The summed E-state index contributed by atoms with van der Waals surface area (Å²) in [6.45, 7) is 4.25. The van der Waals surface area contributed by atoms with E-state index >= 15 is 0 Å². The molecule has 1 aliphatic rings. The number of para-hydroxylation sites is 2. The summed E-state index contributed by atoms with van der Waals surface area (Å²) in [6.07, 6.45) is 4.99. The molecule has 0 aliphatic heterocycles. The van der Waals surface area contributed by atoms with E-state index < -0.39 is 0 Å². The third-order valence-electron chi connectivity index (χ3n) is 4.58. The van der Waals surface area contributed by atoms with Gasteiger partial charge in [0.2, 0.25) is 5.91 Å². The molecule has 2 N–H and O–H groups in total. The molecule has 4 heteroatoms. The monoisotopic (exact) mass is 338 g/mol. The van der Waals surface area contributed by atoms with Gasteiger partial charge in [-0.2, -0.15) is 0 Å². The molecule has 0 spiro atoms. The molecule has 0 atom stereocenters. The van der Waals surface area contributed by atoms with Gasteiger partial charge in [-0.25, -0.2) is 0 Å². The average molecular weight is 338 g/mol. The Balaban J connectivity index is 1.58. The van der Waals surface area contributed by atoms with Crippen LogP contribution in [0.15, 0.2) is 42.5 Å². The van der Waals surface area contributed by atoms with Gasteiger partial charge in [-0.15, -0.1) is 0 Å². The highest BCUT2D eigenvalue weighted by Gasteiger charge is 2.18. The van der Waals surface area contributed by atoms with Gasteiger partial charge in [-0.1, -0.05) is 29.8 Å². The molecule has 1 amide bonds. The van der Waals surface area contributed by atoms with Crippen LogP contribution in [-0.4, -0.2) is 18.6 Å². The fraction of sp³-hybridized carbons (Fsp3) is 0.381. The molecule has 132 valence electrons. The normalized spacial score (nSPS) is 14.3. The van der Waals surface area contributed by atoms with Crippen LogP contribution in [0.4, 0.5) is 11.4 Å². The lowest BCUT2D eigenvalue weighted by Crippen LogP contribution is -2.22. The number of benzene rings is 2. The van der Waals surface area contributed by atoms with Crippen LogP contribution < -0.4 is 15.4 Å². The van der Waals surface area contributed by atoms with E-state index in [1.165, 1.54) is 18.4 Å². The van der Waals surface area contributed by atoms with Crippen LogP contribution in [-0.2, 0) is 4.79 Å². The van der Waals surface area contributed by atoms with Crippen molar-refractivity contribution in [1.29, 1.82) is 0 Å². The summed E-state index contributed by atoms with van der Waals surface area (Å²) >= 11 is 0. The minimum atomic E-state index is -0.0670. The number of hydrogen-bond donors (Lipinski definition) is 2. The predicted octanol–water partition coefficient (Wildman–Crippen LogP) is 4.68. The average Bonchev–Trinajstić information content (AvgIpc) is 3.10. The first-order valence-corrected chi connectivity index (χ1v) is 8.98. The van der Waals surface area contributed by atoms with E-state index in [-0.39, 0.29) is 12.5 Å². The molecule has 0 unspecified atom stereocenters. The number of rotatable bonds is 6. The minimum absolute atomic E-state index is 0.0670. The highest BCUT2D eigenvalue weighted by atomic mass is 16.5. The van der Waals surface area contributed by atoms with Crippen molar-refractivity contribution in [1.82, 2.24) is 0 Å². The van der Waals surface area contributed by atoms with Crippen LogP contribution in [0.1, 0.15) is 36.8 Å². The zero-order valence-corrected chi connectivity index (χ0v) is 15.0. The Bertz CT molecular complexity index is 736. The Labute approximate surface area is 149 Å². The summed E-state index contributed by atoms with van der Waals surface area (Å²) in [5, 5.41) is 6.16. The summed E-state index contributed by atoms with van der Waals surface area (Å²) in [4.78, 5) is 12.3. The zero-order chi connectivity index (χ0) is 17.6. The highest BCUT2D eigenvalue weighted by Crippen LogP contribution is 2.29. The van der Waals surface area contributed by atoms with E-state index in [9.17, 15) is 4.79 Å². The SMILES string of the molecule is Cc1ccc(NC(=O)CNc2ccccc2OC2CCCC2)c(C)c1. The Morgan fingerprint density at radius 1 is 1.08 bits per heavy atom. The van der Waals surface area contributed by atoms with Gasteiger partial charge in [0, 0.05) is 5.69 Å². The van der Waals surface area contributed by atoms with Gasteiger partial charge < -0.3 is 15.4 Å². The summed E-state index contributed by atoms with van der Waals surface area (Å²) in [6, 6.07) is 13.8. The van der Waals surface area contributed by atoms with E-state index in [4.69, 9.17) is 4.74 Å². The molecular formula is C21H26N2O2. The third kappa shape index (κ3) is 4.75. The molecule has 0 saturated heterocycles. The molecule has 0 aromatic heterocycles. The Morgan fingerprint density at radius 2 is 1.84 bits per heavy atom. The molecule has 0 bridgehead atoms. The predicted molar refractivity (Wildman–Crippen MR) is 102 cm³/mol. The number of amides is 1. The molecule has 1 aliphatic carbocycles. The Morgan fingerprint density at radius 3 is 2.60 bits per heavy atom. The number of ether oxygens (including phenoxy) is 1. The number of anilines is 2. The molecular weight excluding hydrogens is 312 g/mol. The molecule has 4 nitrogen and oxygen atoms in total. The lowest BCUT2D eigenvalue weighted by Gasteiger charge is -2.17. The van der Waals surface area contributed by atoms with Crippen molar-refractivity contribution in [2.75, 3.05) is 17.2 Å². The first kappa shape index (κ1) is 17.3. The highest BCUT2D eigenvalue weighted by molar-refractivity contribution is 5.94. The van der Waals surface area contributed by atoms with Crippen LogP contribution in [0.25, 0.3) is 0 Å². The maximum Gasteiger partial charge on any atom is 0.243 e. The zero-order valence-electron chi connectivity index (χ0n) is 15.0. The van der Waals surface area contributed by atoms with Crippen molar-refractivity contribution in [3.63, 3.8) is 0 Å². The summed E-state index contributed by atoms with van der Waals surface area (Å²) in [7, 11) is 0. The van der Waals surface area contributed by atoms with E-state index in [1.54, 1.807) is 0 Å². The Kier molecular flexibility index (Phi) is 5.59. The minimum Gasteiger partial charge on any atom is -0.488 e. The molecule has 0 heterocycles. The van der Waals surface area contributed by atoms with E-state index in [1.807, 2.05) is 50.2 Å². The molecule has 2 aromatic rings. The van der Waals surface area contributed by atoms with E-state index in [0.29, 0.717) is 6.10 Å². The van der Waals surface area contributed by atoms with Crippen molar-refractivity contribution in [2.45, 2.75) is 45.6 Å². The maximum absolute atomic E-state index is 12.3. The molecule has 3 rings (SSSR count). The van der Waals surface area contributed by atoms with E-state index in [0.717, 1.165) is 35.5 Å². The van der Waals surface area contributed by atoms with Gasteiger partial charge in [-0.05, 0) is 63.3 Å². The molecule has 1 fully saturated rings. The summed E-state index contributed by atoms with van der Waals surface area (Å²) in [5.41, 5.74) is 3.97. The van der Waals surface area contributed by atoms with Crippen molar-refractivity contribution < 1.29 is 9.53 Å². The quantitative estimate of drug-likeness (QED) is 0.804. The van der Waals surface area contributed by atoms with Gasteiger partial charge >= 0.3 is 0 Å². The summed E-state index contributed by atoms with van der Waals surface area (Å²) in [5.74, 6) is 0.760. The topological polar surface area (TPSA) is 50.4 Å². The van der Waals surface area contributed by atoms with Crippen LogP contribution in [0.5, 0.6) is 5.75 Å². The first-order chi connectivity index (χ1) is 12.1. The molecule has 2 aromatic carbocycles. The lowest BCUT2D eigenvalue weighted by atomic mass is 10.1. The maximum atomic E-state index is 12.3. The van der Waals surface area contributed by atoms with Gasteiger partial charge in [-0.3, -0.25) is 4.79 Å². The van der Waals surface area contributed by atoms with Crippen molar-refractivity contribution in [2.24, 2.45) is 0 Å².